The van der Waals surface area contributed by atoms with Crippen molar-refractivity contribution in [1.29, 1.82) is 0 Å². The third-order valence-electron chi connectivity index (χ3n) is 2.39. The molecule has 1 aromatic carbocycles. The van der Waals surface area contributed by atoms with E-state index in [1.54, 1.807) is 19.2 Å². The molecule has 5 nitrogen and oxygen atoms in total. The summed E-state index contributed by atoms with van der Waals surface area (Å²) < 4.78 is 10.2. The summed E-state index contributed by atoms with van der Waals surface area (Å²) in [5.41, 5.74) is 0.476. The van der Waals surface area contributed by atoms with Crippen molar-refractivity contribution >= 4 is 0 Å². The molecule has 0 saturated carbocycles. The summed E-state index contributed by atoms with van der Waals surface area (Å²) in [5, 5.41) is 13.6. The first kappa shape index (κ1) is 11.4. The number of hydrogen-bond acceptors (Lipinski definition) is 5. The Hall–Kier alpha value is -2.04. The number of aromatic hydroxyl groups is 1. The molecule has 2 rings (SSSR count). The minimum Gasteiger partial charge on any atom is -0.507 e. The molecule has 0 unspecified atom stereocenters. The molecule has 0 radical (unpaired) electrons. The van der Waals surface area contributed by atoms with Crippen molar-refractivity contribution in [3.05, 3.63) is 24.0 Å². The van der Waals surface area contributed by atoms with Crippen LogP contribution in [0, 0.1) is 0 Å². The highest BCUT2D eigenvalue weighted by Crippen LogP contribution is 2.31. The highest BCUT2D eigenvalue weighted by Gasteiger charge is 2.15. The number of methoxy groups -OCH3 is 1. The summed E-state index contributed by atoms with van der Waals surface area (Å²) in [7, 11) is 1.56. The van der Waals surface area contributed by atoms with Crippen molar-refractivity contribution in [2.75, 3.05) is 7.11 Å². The van der Waals surface area contributed by atoms with Crippen LogP contribution in [0.1, 0.15) is 25.6 Å². The van der Waals surface area contributed by atoms with Crippen molar-refractivity contribution in [3.8, 4) is 23.0 Å². The molecule has 0 aliphatic carbocycles. The summed E-state index contributed by atoms with van der Waals surface area (Å²) in [4.78, 5) is 4.22. The molecule has 17 heavy (non-hydrogen) atoms. The minimum absolute atomic E-state index is 0.0877. The fraction of sp³-hybridized carbons (Fsp3) is 0.333. The zero-order valence-electron chi connectivity index (χ0n) is 9.97. The summed E-state index contributed by atoms with van der Waals surface area (Å²) in [6.07, 6.45) is 0. The lowest BCUT2D eigenvalue weighted by molar-refractivity contribution is 0.405. The lowest BCUT2D eigenvalue weighted by Gasteiger charge is -2.03. The predicted molar refractivity (Wildman–Crippen MR) is 62.0 cm³/mol. The molecule has 1 heterocycles. The second-order valence-electron chi connectivity index (χ2n) is 4.00. The van der Waals surface area contributed by atoms with E-state index in [1.165, 1.54) is 6.07 Å². The number of hydrogen-bond donors (Lipinski definition) is 1. The molecule has 0 atom stereocenters. The number of nitrogens with zero attached hydrogens (tertiary/aromatic N) is 2. The van der Waals surface area contributed by atoms with Crippen LogP contribution in [0.2, 0.25) is 0 Å². The first-order chi connectivity index (χ1) is 8.11. The van der Waals surface area contributed by atoms with Crippen molar-refractivity contribution in [3.63, 3.8) is 0 Å². The smallest absolute Gasteiger partial charge is 0.261 e. The van der Waals surface area contributed by atoms with E-state index in [1.807, 2.05) is 13.8 Å². The van der Waals surface area contributed by atoms with Crippen LogP contribution >= 0.6 is 0 Å². The largest absolute Gasteiger partial charge is 0.507 e. The molecule has 0 aliphatic rings. The highest BCUT2D eigenvalue weighted by molar-refractivity contribution is 5.64. The van der Waals surface area contributed by atoms with Gasteiger partial charge in [0, 0.05) is 5.92 Å². The van der Waals surface area contributed by atoms with Gasteiger partial charge in [-0.05, 0) is 18.2 Å². The Bertz CT molecular complexity index is 520. The maximum atomic E-state index is 9.75. The molecule has 1 aromatic heterocycles. The Morgan fingerprint density at radius 3 is 2.71 bits per heavy atom. The molecular formula is C12H14N2O3. The van der Waals surface area contributed by atoms with Crippen LogP contribution < -0.4 is 4.74 Å². The Morgan fingerprint density at radius 2 is 2.12 bits per heavy atom. The molecule has 1 N–H and O–H groups in total. The maximum absolute atomic E-state index is 9.75. The zero-order valence-corrected chi connectivity index (χ0v) is 9.97. The second kappa shape index (κ2) is 4.45. The van der Waals surface area contributed by atoms with E-state index in [4.69, 9.17) is 9.26 Å². The topological polar surface area (TPSA) is 68.4 Å². The molecule has 0 fully saturated rings. The van der Waals surface area contributed by atoms with Crippen LogP contribution in [-0.2, 0) is 0 Å². The van der Waals surface area contributed by atoms with Gasteiger partial charge in [0.15, 0.2) is 5.82 Å². The van der Waals surface area contributed by atoms with Crippen LogP contribution in [0.3, 0.4) is 0 Å². The SMILES string of the molecule is COc1ccc(O)c(-c2nc(C(C)C)no2)c1. The first-order valence-electron chi connectivity index (χ1n) is 5.32. The summed E-state index contributed by atoms with van der Waals surface area (Å²) in [5.74, 6) is 1.81. The molecule has 0 spiro atoms. The van der Waals surface area contributed by atoms with Crippen LogP contribution in [0.25, 0.3) is 11.5 Å². The molecule has 0 amide bonds. The van der Waals surface area contributed by atoms with Gasteiger partial charge in [-0.2, -0.15) is 4.98 Å². The molecule has 0 aliphatic heterocycles. The number of aromatic nitrogens is 2. The van der Waals surface area contributed by atoms with E-state index in [9.17, 15) is 5.11 Å². The van der Waals surface area contributed by atoms with E-state index < -0.39 is 0 Å². The van der Waals surface area contributed by atoms with Gasteiger partial charge in [-0.25, -0.2) is 0 Å². The summed E-state index contributed by atoms with van der Waals surface area (Å²) in [6, 6.07) is 4.86. The summed E-state index contributed by atoms with van der Waals surface area (Å²) in [6.45, 7) is 3.94. The van der Waals surface area contributed by atoms with Gasteiger partial charge in [0.1, 0.15) is 11.5 Å². The van der Waals surface area contributed by atoms with Gasteiger partial charge in [0.2, 0.25) is 0 Å². The first-order valence-corrected chi connectivity index (χ1v) is 5.32. The van der Waals surface area contributed by atoms with Gasteiger partial charge < -0.3 is 14.4 Å². The molecule has 0 saturated heterocycles. The quantitative estimate of drug-likeness (QED) is 0.883. The Morgan fingerprint density at radius 1 is 1.35 bits per heavy atom. The second-order valence-corrected chi connectivity index (χ2v) is 4.00. The van der Waals surface area contributed by atoms with E-state index >= 15 is 0 Å². The Kier molecular flexibility index (Phi) is 2.99. The van der Waals surface area contributed by atoms with Crippen molar-refractivity contribution in [1.82, 2.24) is 10.1 Å². The molecule has 0 bridgehead atoms. The fourth-order valence-electron chi connectivity index (χ4n) is 1.39. The number of rotatable bonds is 3. The number of phenolic OH excluding ortho intramolecular Hbond substituents is 1. The standard InChI is InChI=1S/C12H14N2O3/c1-7(2)11-13-12(17-14-11)9-6-8(16-3)4-5-10(9)15/h4-7,15H,1-3H3. The normalized spacial score (nSPS) is 10.8. The van der Waals surface area contributed by atoms with Crippen LogP contribution in [0.5, 0.6) is 11.5 Å². The molecular weight excluding hydrogens is 220 g/mol. The lowest BCUT2D eigenvalue weighted by Crippen LogP contribution is -1.90. The lowest BCUT2D eigenvalue weighted by atomic mass is 10.2. The van der Waals surface area contributed by atoms with Crippen LogP contribution in [-0.4, -0.2) is 22.4 Å². The van der Waals surface area contributed by atoms with E-state index in [0.29, 0.717) is 23.0 Å². The van der Waals surface area contributed by atoms with Gasteiger partial charge in [-0.1, -0.05) is 19.0 Å². The highest BCUT2D eigenvalue weighted by atomic mass is 16.5. The van der Waals surface area contributed by atoms with Crippen molar-refractivity contribution < 1.29 is 14.4 Å². The number of ether oxygens (including phenoxy) is 1. The van der Waals surface area contributed by atoms with Crippen molar-refractivity contribution in [2.45, 2.75) is 19.8 Å². The average Bonchev–Trinajstić information content (AvgIpc) is 2.79. The van der Waals surface area contributed by atoms with Gasteiger partial charge in [-0.3, -0.25) is 0 Å². The van der Waals surface area contributed by atoms with Gasteiger partial charge in [-0.15, -0.1) is 0 Å². The minimum atomic E-state index is 0.0877. The zero-order chi connectivity index (χ0) is 12.4. The van der Waals surface area contributed by atoms with Crippen LogP contribution in [0.4, 0.5) is 0 Å². The Labute approximate surface area is 99.0 Å². The number of benzene rings is 1. The molecule has 90 valence electrons. The average molecular weight is 234 g/mol. The maximum Gasteiger partial charge on any atom is 0.261 e. The van der Waals surface area contributed by atoms with Gasteiger partial charge in [0.05, 0.1) is 12.7 Å². The van der Waals surface area contributed by atoms with E-state index in [0.717, 1.165) is 0 Å². The Balaban J connectivity index is 2.44. The van der Waals surface area contributed by atoms with Crippen molar-refractivity contribution in [2.24, 2.45) is 0 Å². The molecule has 2 aromatic rings. The van der Waals surface area contributed by atoms with E-state index in [-0.39, 0.29) is 11.7 Å². The fourth-order valence-corrected chi connectivity index (χ4v) is 1.39. The van der Waals surface area contributed by atoms with Gasteiger partial charge >= 0.3 is 0 Å². The summed E-state index contributed by atoms with van der Waals surface area (Å²) >= 11 is 0. The monoisotopic (exact) mass is 234 g/mol. The molecule has 5 heteroatoms. The number of phenols is 1. The van der Waals surface area contributed by atoms with Gasteiger partial charge in [0.25, 0.3) is 5.89 Å². The third kappa shape index (κ3) is 2.22. The van der Waals surface area contributed by atoms with E-state index in [2.05, 4.69) is 10.1 Å². The van der Waals surface area contributed by atoms with Crippen LogP contribution in [0.15, 0.2) is 22.7 Å². The predicted octanol–water partition coefficient (Wildman–Crippen LogP) is 2.57. The third-order valence-corrected chi connectivity index (χ3v) is 2.39.